The second kappa shape index (κ2) is 8.47. The molecule has 0 radical (unpaired) electrons. The number of halogens is 1. The molecule has 160 valence electrons. The first-order valence-electron chi connectivity index (χ1n) is 10.00. The molecule has 0 aliphatic carbocycles. The maximum atomic E-state index is 13.0. The summed E-state index contributed by atoms with van der Waals surface area (Å²) in [7, 11) is 3.22. The average Bonchev–Trinajstić information content (AvgIpc) is 3.05. The van der Waals surface area contributed by atoms with Gasteiger partial charge in [-0.1, -0.05) is 11.6 Å². The zero-order valence-electron chi connectivity index (χ0n) is 18.0. The van der Waals surface area contributed by atoms with Crippen molar-refractivity contribution in [3.8, 4) is 17.2 Å². The van der Waals surface area contributed by atoms with E-state index in [2.05, 4.69) is 10.4 Å². The van der Waals surface area contributed by atoms with Crippen LogP contribution in [-0.4, -0.2) is 36.3 Å². The number of fused-ring (bicyclic) bond motifs is 1. The summed E-state index contributed by atoms with van der Waals surface area (Å²) < 4.78 is 12.6. The molecule has 2 aromatic carbocycles. The Bertz CT molecular complexity index is 1180. The van der Waals surface area contributed by atoms with Crippen LogP contribution in [0.1, 0.15) is 32.9 Å². The maximum Gasteiger partial charge on any atom is 0.187 e. The lowest BCUT2D eigenvalue weighted by Crippen LogP contribution is -2.23. The van der Waals surface area contributed by atoms with Gasteiger partial charge < -0.3 is 14.8 Å². The molecule has 7 heteroatoms. The standard InChI is InChI=1S/C24H24ClN3O3/c1-14-24(25)15(2)28(27-14)18-7-5-16(6-8-18)21(29)13-20-19-12-23(31-4)22(30-3)11-17(19)9-10-26-20/h5-8,11-13,26H,9-10H2,1-4H3/b20-13-. The van der Waals surface area contributed by atoms with Gasteiger partial charge in [0, 0.05) is 29.4 Å². The third-order valence-electron chi connectivity index (χ3n) is 5.48. The topological polar surface area (TPSA) is 65.4 Å². The van der Waals surface area contributed by atoms with E-state index >= 15 is 0 Å². The van der Waals surface area contributed by atoms with Crippen LogP contribution in [0.4, 0.5) is 0 Å². The van der Waals surface area contributed by atoms with E-state index in [1.807, 2.05) is 38.1 Å². The molecule has 4 rings (SSSR count). The predicted octanol–water partition coefficient (Wildman–Crippen LogP) is 4.53. The Morgan fingerprint density at radius 1 is 1.13 bits per heavy atom. The van der Waals surface area contributed by atoms with Crippen molar-refractivity contribution >= 4 is 23.1 Å². The first-order valence-corrected chi connectivity index (χ1v) is 10.4. The molecule has 0 spiro atoms. The predicted molar refractivity (Wildman–Crippen MR) is 122 cm³/mol. The van der Waals surface area contributed by atoms with Crippen LogP contribution in [0.2, 0.25) is 5.02 Å². The highest BCUT2D eigenvalue weighted by molar-refractivity contribution is 6.31. The number of carbonyl (C=O) groups excluding carboxylic acids is 1. The van der Waals surface area contributed by atoms with E-state index in [9.17, 15) is 4.79 Å². The Morgan fingerprint density at radius 2 is 1.81 bits per heavy atom. The highest BCUT2D eigenvalue weighted by Gasteiger charge is 2.19. The van der Waals surface area contributed by atoms with Crippen molar-refractivity contribution in [2.75, 3.05) is 20.8 Å². The largest absolute Gasteiger partial charge is 0.493 e. The summed E-state index contributed by atoms with van der Waals surface area (Å²) in [5.41, 5.74) is 5.94. The molecule has 6 nitrogen and oxygen atoms in total. The van der Waals surface area contributed by atoms with Crippen molar-refractivity contribution in [1.29, 1.82) is 0 Å². The number of aromatic nitrogens is 2. The lowest BCUT2D eigenvalue weighted by atomic mass is 9.95. The van der Waals surface area contributed by atoms with Crippen LogP contribution >= 0.6 is 11.6 Å². The van der Waals surface area contributed by atoms with Gasteiger partial charge in [-0.3, -0.25) is 4.79 Å². The molecule has 0 amide bonds. The van der Waals surface area contributed by atoms with Crippen LogP contribution < -0.4 is 14.8 Å². The van der Waals surface area contributed by atoms with Crippen LogP contribution in [0.15, 0.2) is 42.5 Å². The number of rotatable bonds is 5. The molecule has 0 unspecified atom stereocenters. The summed E-state index contributed by atoms with van der Waals surface area (Å²) in [6.07, 6.45) is 2.49. The fourth-order valence-corrected chi connectivity index (χ4v) is 3.91. The van der Waals surface area contributed by atoms with Gasteiger partial charge in [-0.2, -0.15) is 5.10 Å². The number of aryl methyl sites for hydroxylation is 1. The van der Waals surface area contributed by atoms with Crippen molar-refractivity contribution < 1.29 is 14.3 Å². The molecule has 0 fully saturated rings. The van der Waals surface area contributed by atoms with Gasteiger partial charge in [-0.15, -0.1) is 0 Å². The number of methoxy groups -OCH3 is 2. The number of nitrogens with zero attached hydrogens (tertiary/aromatic N) is 2. The number of ether oxygens (including phenoxy) is 2. The lowest BCUT2D eigenvalue weighted by molar-refractivity contribution is 0.104. The van der Waals surface area contributed by atoms with Gasteiger partial charge >= 0.3 is 0 Å². The summed E-state index contributed by atoms with van der Waals surface area (Å²) in [5.74, 6) is 1.24. The van der Waals surface area contributed by atoms with Crippen LogP contribution in [0.25, 0.3) is 11.4 Å². The molecule has 2 heterocycles. The monoisotopic (exact) mass is 437 g/mol. The van der Waals surface area contributed by atoms with Crippen molar-refractivity contribution in [2.45, 2.75) is 20.3 Å². The normalized spacial score (nSPS) is 14.2. The van der Waals surface area contributed by atoms with E-state index in [0.717, 1.165) is 46.9 Å². The van der Waals surface area contributed by atoms with E-state index in [-0.39, 0.29) is 5.78 Å². The van der Waals surface area contributed by atoms with Gasteiger partial charge in [0.1, 0.15) is 0 Å². The summed E-state index contributed by atoms with van der Waals surface area (Å²) in [5, 5.41) is 8.44. The summed E-state index contributed by atoms with van der Waals surface area (Å²) in [6, 6.07) is 11.2. The minimum Gasteiger partial charge on any atom is -0.493 e. The van der Waals surface area contributed by atoms with E-state index in [1.165, 1.54) is 0 Å². The third-order valence-corrected chi connectivity index (χ3v) is 6.03. The van der Waals surface area contributed by atoms with Gasteiger partial charge in [0.05, 0.1) is 36.3 Å². The molecular weight excluding hydrogens is 414 g/mol. The zero-order valence-corrected chi connectivity index (χ0v) is 18.7. The maximum absolute atomic E-state index is 13.0. The van der Waals surface area contributed by atoms with E-state index < -0.39 is 0 Å². The molecule has 3 aromatic rings. The molecule has 0 bridgehead atoms. The van der Waals surface area contributed by atoms with Crippen LogP contribution in [0, 0.1) is 13.8 Å². The Balaban J connectivity index is 1.63. The molecule has 0 saturated heterocycles. The molecular formula is C24H24ClN3O3. The van der Waals surface area contributed by atoms with Gasteiger partial charge in [-0.05, 0) is 62.2 Å². The van der Waals surface area contributed by atoms with Crippen LogP contribution in [0.3, 0.4) is 0 Å². The molecule has 31 heavy (non-hydrogen) atoms. The van der Waals surface area contributed by atoms with Gasteiger partial charge in [0.15, 0.2) is 17.3 Å². The SMILES string of the molecule is COc1cc2c(cc1OC)/C(=C/C(=O)c1ccc(-n3nc(C)c(Cl)c3C)cc1)NCC2. The van der Waals surface area contributed by atoms with E-state index in [1.54, 1.807) is 37.1 Å². The highest BCUT2D eigenvalue weighted by atomic mass is 35.5. The quantitative estimate of drug-likeness (QED) is 0.469. The Labute approximate surface area is 186 Å². The summed E-state index contributed by atoms with van der Waals surface area (Å²) in [4.78, 5) is 13.0. The van der Waals surface area contributed by atoms with Crippen molar-refractivity contribution in [2.24, 2.45) is 0 Å². The van der Waals surface area contributed by atoms with Crippen LogP contribution in [0.5, 0.6) is 11.5 Å². The van der Waals surface area contributed by atoms with Crippen molar-refractivity contribution in [3.63, 3.8) is 0 Å². The summed E-state index contributed by atoms with van der Waals surface area (Å²) >= 11 is 6.25. The first kappa shape index (κ1) is 21.0. The molecule has 1 aliphatic rings. The highest BCUT2D eigenvalue weighted by Crippen LogP contribution is 2.35. The number of hydrogen-bond donors (Lipinski definition) is 1. The zero-order chi connectivity index (χ0) is 22.1. The second-order valence-electron chi connectivity index (χ2n) is 7.41. The Morgan fingerprint density at radius 3 is 2.42 bits per heavy atom. The van der Waals surface area contributed by atoms with Crippen molar-refractivity contribution in [3.05, 3.63) is 75.6 Å². The lowest BCUT2D eigenvalue weighted by Gasteiger charge is -2.23. The van der Waals surface area contributed by atoms with E-state index in [4.69, 9.17) is 21.1 Å². The molecule has 0 atom stereocenters. The minimum absolute atomic E-state index is 0.0805. The Hall–Kier alpha value is -3.25. The molecule has 1 aromatic heterocycles. The number of hydrogen-bond acceptors (Lipinski definition) is 5. The number of allylic oxidation sites excluding steroid dienone is 1. The number of ketones is 1. The second-order valence-corrected chi connectivity index (χ2v) is 7.78. The van der Waals surface area contributed by atoms with Crippen molar-refractivity contribution in [1.82, 2.24) is 15.1 Å². The molecule has 1 aliphatic heterocycles. The average molecular weight is 438 g/mol. The third kappa shape index (κ3) is 3.91. The Kier molecular flexibility index (Phi) is 5.74. The van der Waals surface area contributed by atoms with Gasteiger partial charge in [-0.25, -0.2) is 4.68 Å². The van der Waals surface area contributed by atoms with Gasteiger partial charge in [0.2, 0.25) is 0 Å². The number of carbonyl (C=O) groups is 1. The molecule has 0 saturated carbocycles. The summed E-state index contributed by atoms with van der Waals surface area (Å²) in [6.45, 7) is 4.54. The minimum atomic E-state index is -0.0805. The van der Waals surface area contributed by atoms with Gasteiger partial charge in [0.25, 0.3) is 0 Å². The smallest absolute Gasteiger partial charge is 0.187 e. The number of nitrogens with one attached hydrogen (secondary N) is 1. The van der Waals surface area contributed by atoms with Crippen LogP contribution in [-0.2, 0) is 6.42 Å². The van der Waals surface area contributed by atoms with E-state index in [0.29, 0.717) is 22.1 Å². The fraction of sp³-hybridized carbons (Fsp3) is 0.250. The number of benzene rings is 2. The first-order chi connectivity index (χ1) is 14.9. The molecule has 1 N–H and O–H groups in total. The fourth-order valence-electron chi connectivity index (χ4n) is 3.79.